The number of aliphatic hydroxyl groups excluding tert-OH is 1. The molecule has 35 heavy (non-hydrogen) atoms. The van der Waals surface area contributed by atoms with Crippen molar-refractivity contribution in [1.29, 1.82) is 5.26 Å². The molecule has 0 unspecified atom stereocenters. The number of anilines is 1. The summed E-state index contributed by atoms with van der Waals surface area (Å²) in [7, 11) is 1.45. The first-order chi connectivity index (χ1) is 17.0. The van der Waals surface area contributed by atoms with Gasteiger partial charge in [0.05, 0.1) is 36.9 Å². The second-order valence-corrected chi connectivity index (χ2v) is 8.05. The Bertz CT molecular complexity index is 1200. The molecule has 0 bridgehead atoms. The molecule has 2 heterocycles. The maximum absolute atomic E-state index is 13.6. The summed E-state index contributed by atoms with van der Waals surface area (Å²) in [5.41, 5.74) is 1.85. The largest absolute Gasteiger partial charge is 0.493 e. The maximum Gasteiger partial charge on any atom is 0.416 e. The van der Waals surface area contributed by atoms with Crippen molar-refractivity contribution in [3.8, 4) is 17.6 Å². The van der Waals surface area contributed by atoms with Crippen LogP contribution in [0.25, 0.3) is 0 Å². The van der Waals surface area contributed by atoms with E-state index in [1.165, 1.54) is 30.2 Å². The van der Waals surface area contributed by atoms with E-state index < -0.39 is 24.3 Å². The standard InChI is InChI=1S/C26H25N3O6/c1-3-11-34-26(32)29-20-14-23(35-16-17-7-5-4-6-8-17)22(33-2)13-19(20)24(30)28-15-18(9-10-27)12-21(28)25(29)31/h3-8,13-15,21,25,31H,1,9,11-12,16H2,2H3/t21-,25-/m0/s1. The molecule has 1 N–H and O–H groups in total. The van der Waals surface area contributed by atoms with Crippen LogP contribution in [0.3, 0.4) is 0 Å². The molecule has 2 aliphatic heterocycles. The zero-order chi connectivity index (χ0) is 24.9. The van der Waals surface area contributed by atoms with E-state index in [4.69, 9.17) is 19.5 Å². The van der Waals surface area contributed by atoms with Crippen molar-refractivity contribution >= 4 is 17.7 Å². The van der Waals surface area contributed by atoms with Gasteiger partial charge in [-0.05, 0) is 23.6 Å². The maximum atomic E-state index is 13.6. The average molecular weight is 476 g/mol. The van der Waals surface area contributed by atoms with Gasteiger partial charge >= 0.3 is 6.09 Å². The molecule has 2 aliphatic rings. The van der Waals surface area contributed by atoms with Crippen LogP contribution in [0.2, 0.25) is 0 Å². The molecule has 0 saturated carbocycles. The minimum absolute atomic E-state index is 0.0782. The van der Waals surface area contributed by atoms with Crippen LogP contribution in [0, 0.1) is 11.3 Å². The molecule has 2 aromatic rings. The zero-order valence-electron chi connectivity index (χ0n) is 19.2. The third-order valence-electron chi connectivity index (χ3n) is 5.83. The van der Waals surface area contributed by atoms with Crippen LogP contribution in [-0.4, -0.2) is 48.0 Å². The van der Waals surface area contributed by atoms with Gasteiger partial charge < -0.3 is 24.2 Å². The van der Waals surface area contributed by atoms with Gasteiger partial charge in [0.2, 0.25) is 0 Å². The first-order valence-electron chi connectivity index (χ1n) is 11.0. The van der Waals surface area contributed by atoms with E-state index in [2.05, 4.69) is 12.6 Å². The van der Waals surface area contributed by atoms with Gasteiger partial charge in [-0.1, -0.05) is 43.0 Å². The van der Waals surface area contributed by atoms with Gasteiger partial charge in [-0.2, -0.15) is 5.26 Å². The van der Waals surface area contributed by atoms with E-state index in [1.54, 1.807) is 6.20 Å². The lowest BCUT2D eigenvalue weighted by molar-refractivity contribution is 0.0556. The van der Waals surface area contributed by atoms with E-state index in [1.807, 2.05) is 30.3 Å². The third-order valence-corrected chi connectivity index (χ3v) is 5.83. The fourth-order valence-electron chi connectivity index (χ4n) is 4.18. The van der Waals surface area contributed by atoms with E-state index in [9.17, 15) is 14.7 Å². The number of rotatable bonds is 7. The van der Waals surface area contributed by atoms with Crippen LogP contribution in [0.5, 0.6) is 11.5 Å². The van der Waals surface area contributed by atoms with E-state index >= 15 is 0 Å². The van der Waals surface area contributed by atoms with Crippen molar-refractivity contribution in [1.82, 2.24) is 4.90 Å². The fraction of sp³-hybridized carbons (Fsp3) is 0.269. The lowest BCUT2D eigenvalue weighted by atomic mass is 10.1. The number of fused-ring (bicyclic) bond motifs is 2. The molecule has 0 fully saturated rings. The monoisotopic (exact) mass is 475 g/mol. The Morgan fingerprint density at radius 3 is 2.74 bits per heavy atom. The number of nitrogens with zero attached hydrogens (tertiary/aromatic N) is 3. The Hall–Kier alpha value is -4.29. The lowest BCUT2D eigenvalue weighted by Crippen LogP contribution is -2.50. The molecule has 4 rings (SSSR count). The first kappa shape index (κ1) is 23.9. The Morgan fingerprint density at radius 1 is 1.29 bits per heavy atom. The second kappa shape index (κ2) is 10.3. The molecular formula is C26H25N3O6. The summed E-state index contributed by atoms with van der Waals surface area (Å²) < 4.78 is 16.7. The normalized spacial score (nSPS) is 18.5. The SMILES string of the molecule is C=CCOC(=O)N1c2cc(OCc3ccccc3)c(OC)cc2C(=O)N2C=C(CC#N)C[C@H]2[C@@H]1O. The molecule has 0 spiro atoms. The molecule has 2 aromatic carbocycles. The second-order valence-electron chi connectivity index (χ2n) is 8.05. The Morgan fingerprint density at radius 2 is 2.06 bits per heavy atom. The summed E-state index contributed by atoms with van der Waals surface area (Å²) in [6.07, 6.45) is 1.05. The highest BCUT2D eigenvalue weighted by molar-refractivity contribution is 6.06. The van der Waals surface area contributed by atoms with Gasteiger partial charge in [-0.25, -0.2) is 9.69 Å². The molecule has 2 amide bonds. The minimum Gasteiger partial charge on any atom is -0.493 e. The summed E-state index contributed by atoms with van der Waals surface area (Å²) in [5.74, 6) is 0.143. The Labute approximate surface area is 203 Å². The highest BCUT2D eigenvalue weighted by Crippen LogP contribution is 2.42. The van der Waals surface area contributed by atoms with E-state index in [0.29, 0.717) is 17.1 Å². The summed E-state index contributed by atoms with van der Waals surface area (Å²) in [6, 6.07) is 13.7. The Balaban J connectivity index is 1.79. The molecule has 0 radical (unpaired) electrons. The number of methoxy groups -OCH3 is 1. The van der Waals surface area contributed by atoms with Crippen molar-refractivity contribution in [2.75, 3.05) is 18.6 Å². The van der Waals surface area contributed by atoms with Crippen molar-refractivity contribution < 1.29 is 28.9 Å². The van der Waals surface area contributed by atoms with Crippen LogP contribution >= 0.6 is 0 Å². The average Bonchev–Trinajstić information content (AvgIpc) is 3.27. The number of hydrogen-bond donors (Lipinski definition) is 1. The molecule has 9 nitrogen and oxygen atoms in total. The molecule has 9 heteroatoms. The predicted molar refractivity (Wildman–Crippen MR) is 127 cm³/mol. The van der Waals surface area contributed by atoms with Gasteiger partial charge in [0.1, 0.15) is 13.2 Å². The number of carbonyl (C=O) groups excluding carboxylic acids is 2. The van der Waals surface area contributed by atoms with Gasteiger partial charge in [-0.15, -0.1) is 0 Å². The van der Waals surface area contributed by atoms with Crippen molar-refractivity contribution in [3.63, 3.8) is 0 Å². The molecule has 2 atom stereocenters. The molecule has 180 valence electrons. The van der Waals surface area contributed by atoms with Crippen molar-refractivity contribution in [3.05, 3.63) is 78.0 Å². The van der Waals surface area contributed by atoms with E-state index in [0.717, 1.165) is 10.5 Å². The van der Waals surface area contributed by atoms with Crippen LogP contribution in [-0.2, 0) is 11.3 Å². The van der Waals surface area contributed by atoms with Crippen LogP contribution in [0.1, 0.15) is 28.8 Å². The quantitative estimate of drug-likeness (QED) is 0.607. The molecule has 0 saturated heterocycles. The van der Waals surface area contributed by atoms with Crippen LogP contribution < -0.4 is 14.4 Å². The highest BCUT2D eigenvalue weighted by atomic mass is 16.6. The van der Waals surface area contributed by atoms with Crippen LogP contribution in [0.4, 0.5) is 10.5 Å². The molecule has 0 aliphatic carbocycles. The predicted octanol–water partition coefficient (Wildman–Crippen LogP) is 3.75. The van der Waals surface area contributed by atoms with Crippen LogP contribution in [0.15, 0.2) is 66.9 Å². The van der Waals surface area contributed by atoms with Gasteiger partial charge in [-0.3, -0.25) is 4.79 Å². The van der Waals surface area contributed by atoms with Gasteiger partial charge in [0, 0.05) is 12.3 Å². The highest BCUT2D eigenvalue weighted by Gasteiger charge is 2.45. The fourth-order valence-corrected chi connectivity index (χ4v) is 4.18. The number of aliphatic hydroxyl groups is 1. The van der Waals surface area contributed by atoms with Gasteiger partial charge in [0.15, 0.2) is 17.7 Å². The lowest BCUT2D eigenvalue weighted by Gasteiger charge is -2.31. The zero-order valence-corrected chi connectivity index (χ0v) is 19.2. The van der Waals surface area contributed by atoms with E-state index in [-0.39, 0.29) is 37.3 Å². The summed E-state index contributed by atoms with van der Waals surface area (Å²) in [4.78, 5) is 29.0. The summed E-state index contributed by atoms with van der Waals surface area (Å²) >= 11 is 0. The van der Waals surface area contributed by atoms with Gasteiger partial charge in [0.25, 0.3) is 5.91 Å². The summed E-state index contributed by atoms with van der Waals surface area (Å²) in [5, 5.41) is 20.4. The number of ether oxygens (including phenoxy) is 3. The van der Waals surface area contributed by atoms with Crippen molar-refractivity contribution in [2.24, 2.45) is 0 Å². The minimum atomic E-state index is -1.43. The smallest absolute Gasteiger partial charge is 0.416 e. The molecular weight excluding hydrogens is 450 g/mol. The number of benzene rings is 2. The molecule has 0 aromatic heterocycles. The summed E-state index contributed by atoms with van der Waals surface area (Å²) in [6.45, 7) is 3.70. The topological polar surface area (TPSA) is 112 Å². The van der Waals surface area contributed by atoms with Crippen molar-refractivity contribution in [2.45, 2.75) is 31.7 Å². The Kier molecular flexibility index (Phi) is 7.03. The number of amides is 2. The number of nitriles is 1. The number of carbonyl (C=O) groups is 2. The third kappa shape index (κ3) is 4.69. The first-order valence-corrected chi connectivity index (χ1v) is 11.0. The number of hydrogen-bond acceptors (Lipinski definition) is 7.